The van der Waals surface area contributed by atoms with Crippen LogP contribution in [0.4, 0.5) is 0 Å². The number of aryl methyl sites for hydroxylation is 2. The van der Waals surface area contributed by atoms with Crippen molar-refractivity contribution >= 4 is 44.9 Å². The third-order valence-corrected chi connectivity index (χ3v) is 6.80. The monoisotopic (exact) mass is 398 g/mol. The molecule has 27 heavy (non-hydrogen) atoms. The van der Waals surface area contributed by atoms with Crippen molar-refractivity contribution in [2.45, 2.75) is 32.8 Å². The van der Waals surface area contributed by atoms with E-state index in [9.17, 15) is 4.79 Å². The molecule has 1 aliphatic heterocycles. The van der Waals surface area contributed by atoms with Gasteiger partial charge in [0.1, 0.15) is 6.10 Å². The summed E-state index contributed by atoms with van der Waals surface area (Å²) in [4.78, 5) is 20.0. The normalized spacial score (nSPS) is 15.7. The number of hydrogen-bond donors (Lipinski definition) is 0. The van der Waals surface area contributed by atoms with Gasteiger partial charge < -0.3 is 9.64 Å². The molecule has 0 aliphatic carbocycles. The third kappa shape index (κ3) is 4.06. The predicted octanol–water partition coefficient (Wildman–Crippen LogP) is 5.06. The van der Waals surface area contributed by atoms with Crippen molar-refractivity contribution in [1.29, 1.82) is 0 Å². The maximum absolute atomic E-state index is 12.3. The van der Waals surface area contributed by atoms with Gasteiger partial charge in [-0.15, -0.1) is 11.3 Å². The Morgan fingerprint density at radius 3 is 2.70 bits per heavy atom. The molecule has 0 atom stereocenters. The molecule has 1 amide bonds. The molecule has 0 N–H and O–H groups in total. The van der Waals surface area contributed by atoms with Crippen LogP contribution in [0.1, 0.15) is 28.8 Å². The van der Waals surface area contributed by atoms with Gasteiger partial charge in [-0.2, -0.15) is 0 Å². The maximum Gasteiger partial charge on any atom is 0.274 e. The van der Waals surface area contributed by atoms with E-state index in [1.54, 1.807) is 28.7 Å². The van der Waals surface area contributed by atoms with Gasteiger partial charge in [0.05, 0.1) is 10.2 Å². The van der Waals surface area contributed by atoms with E-state index in [2.05, 4.69) is 31.0 Å². The van der Waals surface area contributed by atoms with Crippen LogP contribution in [0.15, 0.2) is 35.7 Å². The van der Waals surface area contributed by atoms with Crippen LogP contribution in [0.25, 0.3) is 16.3 Å². The highest BCUT2D eigenvalue weighted by Crippen LogP contribution is 2.33. The SMILES string of the molecule is Cc1ccc(C)c2sc(OC3CCN(C(=O)/C=C/c4cccs4)CC3)nc12. The van der Waals surface area contributed by atoms with Crippen LogP contribution in [0.3, 0.4) is 0 Å². The number of benzene rings is 1. The van der Waals surface area contributed by atoms with Crippen molar-refractivity contribution in [1.82, 2.24) is 9.88 Å². The summed E-state index contributed by atoms with van der Waals surface area (Å²) in [6, 6.07) is 8.24. The van der Waals surface area contributed by atoms with Gasteiger partial charge in [-0.1, -0.05) is 29.5 Å². The van der Waals surface area contributed by atoms with Crippen LogP contribution < -0.4 is 4.74 Å². The van der Waals surface area contributed by atoms with Crippen LogP contribution in [-0.2, 0) is 4.79 Å². The second kappa shape index (κ2) is 7.82. The molecule has 1 aliphatic rings. The molecule has 1 saturated heterocycles. The summed E-state index contributed by atoms with van der Waals surface area (Å²) >= 11 is 3.25. The fourth-order valence-electron chi connectivity index (χ4n) is 3.27. The van der Waals surface area contributed by atoms with E-state index in [0.717, 1.165) is 41.5 Å². The van der Waals surface area contributed by atoms with E-state index in [0.29, 0.717) is 0 Å². The first-order chi connectivity index (χ1) is 13.1. The second-order valence-electron chi connectivity index (χ2n) is 6.85. The van der Waals surface area contributed by atoms with Crippen LogP contribution in [0.2, 0.25) is 0 Å². The number of hydrogen-bond acceptors (Lipinski definition) is 5. The number of rotatable bonds is 4. The van der Waals surface area contributed by atoms with Gasteiger partial charge in [0.25, 0.3) is 5.19 Å². The van der Waals surface area contributed by atoms with Crippen molar-refractivity contribution in [3.05, 3.63) is 51.7 Å². The Balaban J connectivity index is 1.35. The highest BCUT2D eigenvalue weighted by Gasteiger charge is 2.24. The molecule has 3 heterocycles. The molecule has 1 aromatic carbocycles. The summed E-state index contributed by atoms with van der Waals surface area (Å²) in [6.07, 6.45) is 5.36. The zero-order chi connectivity index (χ0) is 18.8. The number of ether oxygens (including phenoxy) is 1. The Hall–Kier alpha value is -2.18. The Morgan fingerprint density at radius 2 is 2.00 bits per heavy atom. The fourth-order valence-corrected chi connectivity index (χ4v) is 4.92. The lowest BCUT2D eigenvalue weighted by Gasteiger charge is -2.30. The molecule has 6 heteroatoms. The average molecular weight is 399 g/mol. The van der Waals surface area contributed by atoms with Crippen molar-refractivity contribution in [2.75, 3.05) is 13.1 Å². The smallest absolute Gasteiger partial charge is 0.274 e. The number of aromatic nitrogens is 1. The average Bonchev–Trinajstić information content (AvgIpc) is 3.34. The fraction of sp³-hybridized carbons (Fsp3) is 0.333. The summed E-state index contributed by atoms with van der Waals surface area (Å²) in [5.74, 6) is 0.0769. The molecule has 0 spiro atoms. The van der Waals surface area contributed by atoms with E-state index < -0.39 is 0 Å². The lowest BCUT2D eigenvalue weighted by molar-refractivity contribution is -0.127. The largest absolute Gasteiger partial charge is 0.467 e. The van der Waals surface area contributed by atoms with E-state index in [1.165, 1.54) is 15.8 Å². The predicted molar refractivity (Wildman–Crippen MR) is 113 cm³/mol. The van der Waals surface area contributed by atoms with Crippen LogP contribution in [-0.4, -0.2) is 35.0 Å². The Morgan fingerprint density at radius 1 is 1.22 bits per heavy atom. The summed E-state index contributed by atoms with van der Waals surface area (Å²) in [5.41, 5.74) is 3.46. The quantitative estimate of drug-likeness (QED) is 0.577. The first-order valence-corrected chi connectivity index (χ1v) is 10.8. The van der Waals surface area contributed by atoms with Gasteiger partial charge in [0.2, 0.25) is 5.91 Å². The molecule has 1 fully saturated rings. The molecule has 4 rings (SSSR count). The van der Waals surface area contributed by atoms with Gasteiger partial charge in [-0.05, 0) is 42.5 Å². The van der Waals surface area contributed by atoms with E-state index >= 15 is 0 Å². The molecule has 2 aromatic heterocycles. The van der Waals surface area contributed by atoms with Crippen molar-refractivity contribution in [3.63, 3.8) is 0 Å². The van der Waals surface area contributed by atoms with Crippen molar-refractivity contribution in [3.8, 4) is 5.19 Å². The van der Waals surface area contributed by atoms with Crippen molar-refractivity contribution in [2.24, 2.45) is 0 Å². The van der Waals surface area contributed by atoms with Gasteiger partial charge in [-0.3, -0.25) is 4.79 Å². The molecule has 0 saturated carbocycles. The minimum Gasteiger partial charge on any atom is -0.467 e. The summed E-state index contributed by atoms with van der Waals surface area (Å²) in [6.45, 7) is 5.64. The number of carbonyl (C=O) groups is 1. The molecule has 0 radical (unpaired) electrons. The molecular weight excluding hydrogens is 376 g/mol. The number of thiazole rings is 1. The van der Waals surface area contributed by atoms with Crippen LogP contribution >= 0.6 is 22.7 Å². The molecule has 4 nitrogen and oxygen atoms in total. The zero-order valence-electron chi connectivity index (χ0n) is 15.5. The molecule has 140 valence electrons. The number of nitrogens with zero attached hydrogens (tertiary/aromatic N) is 2. The van der Waals surface area contributed by atoms with E-state index in [4.69, 9.17) is 4.74 Å². The highest BCUT2D eigenvalue weighted by molar-refractivity contribution is 7.20. The van der Waals surface area contributed by atoms with Crippen LogP contribution in [0, 0.1) is 13.8 Å². The standard InChI is InChI=1S/C21H22N2O2S2/c1-14-5-6-15(2)20-19(14)22-21(27-20)25-16-9-11-23(12-10-16)18(24)8-7-17-4-3-13-26-17/h3-8,13,16H,9-12H2,1-2H3/b8-7+. The minimum absolute atomic E-state index is 0.0769. The Kier molecular flexibility index (Phi) is 5.27. The maximum atomic E-state index is 12.3. The summed E-state index contributed by atoms with van der Waals surface area (Å²) in [7, 11) is 0. The summed E-state index contributed by atoms with van der Waals surface area (Å²) < 4.78 is 7.36. The Bertz CT molecular complexity index is 929. The zero-order valence-corrected chi connectivity index (χ0v) is 17.1. The van der Waals surface area contributed by atoms with Gasteiger partial charge >= 0.3 is 0 Å². The highest BCUT2D eigenvalue weighted by atomic mass is 32.1. The number of carbonyl (C=O) groups excluding carboxylic acids is 1. The summed E-state index contributed by atoms with van der Waals surface area (Å²) in [5, 5.41) is 2.75. The van der Waals surface area contributed by atoms with E-state index in [-0.39, 0.29) is 12.0 Å². The number of likely N-dealkylation sites (tertiary alicyclic amines) is 1. The lowest BCUT2D eigenvalue weighted by atomic mass is 10.1. The van der Waals surface area contributed by atoms with Gasteiger partial charge in [0, 0.05) is 36.9 Å². The minimum atomic E-state index is 0.0769. The number of piperidine rings is 1. The number of thiophene rings is 1. The number of fused-ring (bicyclic) bond motifs is 1. The lowest BCUT2D eigenvalue weighted by Crippen LogP contribution is -2.41. The second-order valence-corrected chi connectivity index (χ2v) is 8.79. The Labute approximate surface area is 167 Å². The topological polar surface area (TPSA) is 42.4 Å². The molecular formula is C21H22N2O2S2. The van der Waals surface area contributed by atoms with Gasteiger partial charge in [0.15, 0.2) is 0 Å². The number of amides is 1. The first kappa shape index (κ1) is 18.2. The van der Waals surface area contributed by atoms with Crippen LogP contribution in [0.5, 0.6) is 5.19 Å². The molecule has 0 bridgehead atoms. The third-order valence-electron chi connectivity index (χ3n) is 4.88. The van der Waals surface area contributed by atoms with E-state index in [1.807, 2.05) is 28.5 Å². The first-order valence-electron chi connectivity index (χ1n) is 9.14. The van der Waals surface area contributed by atoms with Gasteiger partial charge in [-0.25, -0.2) is 4.98 Å². The molecule has 3 aromatic rings. The molecule has 0 unspecified atom stereocenters. The van der Waals surface area contributed by atoms with Crippen molar-refractivity contribution < 1.29 is 9.53 Å².